The Balaban J connectivity index is 1.59. The van der Waals surface area contributed by atoms with Gasteiger partial charge in [0.05, 0.1) is 15.5 Å². The molecule has 2 aromatic carbocycles. The molecule has 2 heterocycles. The molecule has 0 spiro atoms. The molecule has 0 aliphatic carbocycles. The molecule has 1 fully saturated rings. The monoisotopic (exact) mass is 422 g/mol. The van der Waals surface area contributed by atoms with E-state index in [2.05, 4.69) is 5.32 Å². The number of nitrogens with one attached hydrogen (secondary N) is 1. The molecule has 28 heavy (non-hydrogen) atoms. The van der Waals surface area contributed by atoms with Crippen molar-refractivity contribution >= 4 is 33.2 Å². The van der Waals surface area contributed by atoms with Crippen molar-refractivity contribution in [2.45, 2.75) is 17.7 Å². The number of hydrogen-bond acceptors (Lipinski definition) is 5. The highest BCUT2D eigenvalue weighted by molar-refractivity contribution is 7.89. The average molecular weight is 423 g/mol. The van der Waals surface area contributed by atoms with Crippen molar-refractivity contribution in [1.82, 2.24) is 4.31 Å². The number of rotatable bonds is 4. The summed E-state index contributed by atoms with van der Waals surface area (Å²) >= 11 is 6.17. The molecule has 0 bridgehead atoms. The van der Waals surface area contributed by atoms with Gasteiger partial charge in [0, 0.05) is 24.8 Å². The summed E-state index contributed by atoms with van der Waals surface area (Å²) in [7, 11) is -3.64. The summed E-state index contributed by atoms with van der Waals surface area (Å²) in [6, 6.07) is 9.23. The highest BCUT2D eigenvalue weighted by Gasteiger charge is 2.28. The third kappa shape index (κ3) is 3.67. The topological polar surface area (TPSA) is 84.9 Å². The van der Waals surface area contributed by atoms with E-state index >= 15 is 0 Å². The van der Waals surface area contributed by atoms with Crippen LogP contribution in [0.3, 0.4) is 0 Å². The lowest BCUT2D eigenvalue weighted by Crippen LogP contribution is -2.28. The summed E-state index contributed by atoms with van der Waals surface area (Å²) in [6.45, 7) is 1.90. The molecule has 0 atom stereocenters. The van der Waals surface area contributed by atoms with Crippen LogP contribution in [0.4, 0.5) is 5.69 Å². The molecule has 9 heteroatoms. The van der Waals surface area contributed by atoms with Crippen LogP contribution < -0.4 is 14.8 Å². The van der Waals surface area contributed by atoms with E-state index < -0.39 is 15.9 Å². The van der Waals surface area contributed by atoms with Gasteiger partial charge in [-0.15, -0.1) is 0 Å². The Labute approximate surface area is 168 Å². The fourth-order valence-electron chi connectivity index (χ4n) is 3.24. The van der Waals surface area contributed by atoms with Crippen molar-refractivity contribution in [3.05, 3.63) is 47.0 Å². The van der Waals surface area contributed by atoms with Crippen LogP contribution in [0.5, 0.6) is 11.5 Å². The third-order valence-electron chi connectivity index (χ3n) is 4.69. The zero-order chi connectivity index (χ0) is 19.7. The zero-order valence-corrected chi connectivity index (χ0v) is 16.6. The van der Waals surface area contributed by atoms with E-state index in [1.807, 2.05) is 0 Å². The molecule has 0 aromatic heterocycles. The Bertz CT molecular complexity index is 1020. The standard InChI is InChI=1S/C19H19ClN2O5S/c20-16-5-4-14(28(24,25)22-7-1-2-8-22)12-15(16)19(23)21-13-3-6-17-18(11-13)27-10-9-26-17/h3-6,11-12H,1-2,7-10H2,(H,21,23). The van der Waals surface area contributed by atoms with Gasteiger partial charge in [-0.05, 0) is 43.2 Å². The minimum atomic E-state index is -3.64. The second kappa shape index (κ2) is 7.62. The van der Waals surface area contributed by atoms with E-state index in [-0.39, 0.29) is 15.5 Å². The Hall–Kier alpha value is -2.29. The normalized spacial score (nSPS) is 16.8. The van der Waals surface area contributed by atoms with Crippen molar-refractivity contribution in [3.8, 4) is 11.5 Å². The Kier molecular flexibility index (Phi) is 5.18. The number of benzene rings is 2. The van der Waals surface area contributed by atoms with Gasteiger partial charge >= 0.3 is 0 Å². The Morgan fingerprint density at radius 2 is 1.71 bits per heavy atom. The SMILES string of the molecule is O=C(Nc1ccc2c(c1)OCCO2)c1cc(S(=O)(=O)N2CCCC2)ccc1Cl. The van der Waals surface area contributed by atoms with Gasteiger partial charge in [-0.2, -0.15) is 4.31 Å². The third-order valence-corrected chi connectivity index (χ3v) is 6.91. The van der Waals surface area contributed by atoms with Gasteiger partial charge in [0.15, 0.2) is 11.5 Å². The van der Waals surface area contributed by atoms with Crippen molar-refractivity contribution in [2.24, 2.45) is 0 Å². The number of nitrogens with zero attached hydrogens (tertiary/aromatic N) is 1. The first-order chi connectivity index (χ1) is 13.4. The number of fused-ring (bicyclic) bond motifs is 1. The maximum atomic E-state index is 12.8. The number of amides is 1. The van der Waals surface area contributed by atoms with Gasteiger partial charge in [0.25, 0.3) is 5.91 Å². The van der Waals surface area contributed by atoms with E-state index in [0.29, 0.717) is 43.5 Å². The van der Waals surface area contributed by atoms with Crippen LogP contribution in [0.15, 0.2) is 41.3 Å². The summed E-state index contributed by atoms with van der Waals surface area (Å²) in [5.41, 5.74) is 0.593. The quantitative estimate of drug-likeness (QED) is 0.818. The first-order valence-corrected chi connectivity index (χ1v) is 10.8. The highest BCUT2D eigenvalue weighted by atomic mass is 35.5. The number of ether oxygens (including phenoxy) is 2. The molecule has 7 nitrogen and oxygen atoms in total. The molecule has 2 aliphatic rings. The molecule has 0 saturated carbocycles. The van der Waals surface area contributed by atoms with Gasteiger partial charge in [-0.25, -0.2) is 8.42 Å². The summed E-state index contributed by atoms with van der Waals surface area (Å²) in [5.74, 6) is 0.654. The lowest BCUT2D eigenvalue weighted by Gasteiger charge is -2.19. The van der Waals surface area contributed by atoms with Crippen LogP contribution in [0.2, 0.25) is 5.02 Å². The molecular formula is C19H19ClN2O5S. The molecule has 148 valence electrons. The van der Waals surface area contributed by atoms with Crippen molar-refractivity contribution in [2.75, 3.05) is 31.6 Å². The number of hydrogen-bond donors (Lipinski definition) is 1. The molecular weight excluding hydrogens is 404 g/mol. The number of sulfonamides is 1. The number of carbonyl (C=O) groups excluding carboxylic acids is 1. The van der Waals surface area contributed by atoms with Crippen LogP contribution in [-0.4, -0.2) is 44.9 Å². The fourth-order valence-corrected chi connectivity index (χ4v) is 4.98. The van der Waals surface area contributed by atoms with E-state index in [0.717, 1.165) is 12.8 Å². The first-order valence-electron chi connectivity index (χ1n) is 8.96. The summed E-state index contributed by atoms with van der Waals surface area (Å²) in [5, 5.41) is 2.91. The van der Waals surface area contributed by atoms with Crippen molar-refractivity contribution < 1.29 is 22.7 Å². The minimum absolute atomic E-state index is 0.0612. The van der Waals surface area contributed by atoms with Crippen molar-refractivity contribution in [3.63, 3.8) is 0 Å². The largest absolute Gasteiger partial charge is 0.486 e. The predicted molar refractivity (Wildman–Crippen MR) is 105 cm³/mol. The second-order valence-electron chi connectivity index (χ2n) is 6.57. The van der Waals surface area contributed by atoms with Gasteiger partial charge in [0.2, 0.25) is 10.0 Å². The van der Waals surface area contributed by atoms with Crippen LogP contribution in [0, 0.1) is 0 Å². The number of anilines is 1. The van der Waals surface area contributed by atoms with E-state index in [4.69, 9.17) is 21.1 Å². The smallest absolute Gasteiger partial charge is 0.257 e. The van der Waals surface area contributed by atoms with Gasteiger partial charge < -0.3 is 14.8 Å². The average Bonchev–Trinajstić information content (AvgIpc) is 3.24. The molecule has 0 radical (unpaired) electrons. The van der Waals surface area contributed by atoms with Crippen LogP contribution in [0.1, 0.15) is 23.2 Å². The molecule has 1 amide bonds. The van der Waals surface area contributed by atoms with E-state index in [9.17, 15) is 13.2 Å². The number of carbonyl (C=O) groups is 1. The van der Waals surface area contributed by atoms with Gasteiger partial charge in [0.1, 0.15) is 13.2 Å². The molecule has 2 aromatic rings. The van der Waals surface area contributed by atoms with Gasteiger partial charge in [-0.1, -0.05) is 11.6 Å². The predicted octanol–water partition coefficient (Wildman–Crippen LogP) is 3.15. The lowest BCUT2D eigenvalue weighted by atomic mass is 10.2. The maximum Gasteiger partial charge on any atom is 0.257 e. The molecule has 1 saturated heterocycles. The highest BCUT2D eigenvalue weighted by Crippen LogP contribution is 2.33. The summed E-state index contributed by atoms with van der Waals surface area (Å²) < 4.78 is 37.9. The minimum Gasteiger partial charge on any atom is -0.486 e. The van der Waals surface area contributed by atoms with Crippen LogP contribution in [0.25, 0.3) is 0 Å². The van der Waals surface area contributed by atoms with E-state index in [1.54, 1.807) is 18.2 Å². The molecule has 0 unspecified atom stereocenters. The zero-order valence-electron chi connectivity index (χ0n) is 15.0. The second-order valence-corrected chi connectivity index (χ2v) is 8.91. The lowest BCUT2D eigenvalue weighted by molar-refractivity contribution is 0.102. The van der Waals surface area contributed by atoms with Gasteiger partial charge in [-0.3, -0.25) is 4.79 Å². The Morgan fingerprint density at radius 1 is 1.00 bits per heavy atom. The summed E-state index contributed by atoms with van der Waals surface area (Å²) in [6.07, 6.45) is 1.68. The molecule has 4 rings (SSSR count). The Morgan fingerprint density at radius 3 is 2.46 bits per heavy atom. The molecule has 1 N–H and O–H groups in total. The fraction of sp³-hybridized carbons (Fsp3) is 0.316. The number of halogens is 1. The molecule has 2 aliphatic heterocycles. The van der Waals surface area contributed by atoms with Crippen molar-refractivity contribution in [1.29, 1.82) is 0 Å². The van der Waals surface area contributed by atoms with E-state index in [1.165, 1.54) is 22.5 Å². The maximum absolute atomic E-state index is 12.8. The van der Waals surface area contributed by atoms with Crippen LogP contribution in [-0.2, 0) is 10.0 Å². The van der Waals surface area contributed by atoms with Crippen LogP contribution >= 0.6 is 11.6 Å². The first kappa shape index (κ1) is 19.0. The summed E-state index contributed by atoms with van der Waals surface area (Å²) in [4.78, 5) is 12.8.